The minimum Gasteiger partial charge on any atom is -0.481 e. The first-order valence-corrected chi connectivity index (χ1v) is 9.89. The summed E-state index contributed by atoms with van der Waals surface area (Å²) in [6.07, 6.45) is 2.75. The van der Waals surface area contributed by atoms with Crippen LogP contribution in [0, 0.1) is 37.5 Å². The van der Waals surface area contributed by atoms with Crippen molar-refractivity contribution in [2.24, 2.45) is 23.7 Å². The Morgan fingerprint density at radius 2 is 1.88 bits per heavy atom. The van der Waals surface area contributed by atoms with Crippen molar-refractivity contribution < 1.29 is 14.7 Å². The van der Waals surface area contributed by atoms with E-state index in [1.54, 1.807) is 0 Å². The summed E-state index contributed by atoms with van der Waals surface area (Å²) < 4.78 is 0. The van der Waals surface area contributed by atoms with Gasteiger partial charge in [-0.25, -0.2) is 4.98 Å². The van der Waals surface area contributed by atoms with Gasteiger partial charge in [-0.05, 0) is 62.1 Å². The number of carboxylic acids is 1. The van der Waals surface area contributed by atoms with Gasteiger partial charge in [0, 0.05) is 10.9 Å². The quantitative estimate of drug-likeness (QED) is 0.849. The first kappa shape index (κ1) is 17.2. The minimum absolute atomic E-state index is 0.149. The van der Waals surface area contributed by atoms with Crippen LogP contribution >= 0.6 is 11.3 Å². The van der Waals surface area contributed by atoms with Crippen LogP contribution in [0.1, 0.15) is 30.4 Å². The fraction of sp³-hybridized carbons (Fsp3) is 0.450. The number of aromatic nitrogens is 1. The second-order valence-electron chi connectivity index (χ2n) is 7.55. The van der Waals surface area contributed by atoms with Crippen molar-refractivity contribution >= 4 is 28.3 Å². The highest BCUT2D eigenvalue weighted by Crippen LogP contribution is 2.52. The van der Waals surface area contributed by atoms with Gasteiger partial charge in [0.1, 0.15) is 0 Å². The van der Waals surface area contributed by atoms with E-state index in [9.17, 15) is 14.7 Å². The normalized spacial score (nSPS) is 26.8. The third kappa shape index (κ3) is 2.92. The molecule has 2 saturated carbocycles. The molecule has 4 rings (SSSR count). The molecule has 0 unspecified atom stereocenters. The molecule has 1 heterocycles. The number of aryl methyl sites for hydroxylation is 2. The number of aliphatic carboxylic acids is 1. The van der Waals surface area contributed by atoms with Crippen LogP contribution in [0.4, 0.5) is 5.13 Å². The van der Waals surface area contributed by atoms with E-state index in [-0.39, 0.29) is 17.7 Å². The molecule has 5 nitrogen and oxygen atoms in total. The molecule has 0 saturated heterocycles. The van der Waals surface area contributed by atoms with Crippen LogP contribution in [0.2, 0.25) is 0 Å². The lowest BCUT2D eigenvalue weighted by Gasteiger charge is -2.26. The molecular formula is C20H22N2O3S. The highest BCUT2D eigenvalue weighted by Gasteiger charge is 2.54. The van der Waals surface area contributed by atoms with Gasteiger partial charge in [-0.15, -0.1) is 11.3 Å². The molecule has 26 heavy (non-hydrogen) atoms. The summed E-state index contributed by atoms with van der Waals surface area (Å²) in [6, 6.07) is 6.18. The second-order valence-corrected chi connectivity index (χ2v) is 8.41. The van der Waals surface area contributed by atoms with Crippen LogP contribution < -0.4 is 5.32 Å². The zero-order chi connectivity index (χ0) is 18.4. The fourth-order valence-corrected chi connectivity index (χ4v) is 5.30. The molecule has 2 aliphatic rings. The standard InChI is InChI=1S/C20H22N2O3S/c1-10-3-4-12(7-11(10)2)15-9-26-20(21-15)22-18(23)16-13-5-6-14(8-13)17(16)19(24)25/h3-4,7,9,13-14,16-17H,5-6,8H2,1-2H3,(H,24,25)(H,21,22,23)/t13-,14-,16-,17-/m0/s1. The Morgan fingerprint density at radius 3 is 2.58 bits per heavy atom. The number of anilines is 1. The number of thiazole rings is 1. The molecule has 2 bridgehead atoms. The maximum absolute atomic E-state index is 12.8. The van der Waals surface area contributed by atoms with Gasteiger partial charge in [-0.1, -0.05) is 12.1 Å². The lowest BCUT2D eigenvalue weighted by Crippen LogP contribution is -2.37. The van der Waals surface area contributed by atoms with Gasteiger partial charge in [-0.2, -0.15) is 0 Å². The molecule has 0 aliphatic heterocycles. The van der Waals surface area contributed by atoms with Gasteiger partial charge in [0.15, 0.2) is 5.13 Å². The summed E-state index contributed by atoms with van der Waals surface area (Å²) in [5, 5.41) is 14.9. The van der Waals surface area contributed by atoms with Gasteiger partial charge in [0.25, 0.3) is 0 Å². The van der Waals surface area contributed by atoms with Gasteiger partial charge in [-0.3, -0.25) is 9.59 Å². The SMILES string of the molecule is Cc1ccc(-c2csc(NC(=O)[C@H]3[C@H]4CC[C@@H](C4)[C@@H]3C(=O)O)n2)cc1C. The topological polar surface area (TPSA) is 79.3 Å². The van der Waals surface area contributed by atoms with Gasteiger partial charge >= 0.3 is 5.97 Å². The van der Waals surface area contributed by atoms with Crippen LogP contribution in [0.5, 0.6) is 0 Å². The number of rotatable bonds is 4. The average Bonchev–Trinajstić information content (AvgIpc) is 3.32. The van der Waals surface area contributed by atoms with Crippen molar-refractivity contribution in [3.05, 3.63) is 34.7 Å². The third-order valence-electron chi connectivity index (χ3n) is 6.04. The number of benzene rings is 1. The third-order valence-corrected chi connectivity index (χ3v) is 6.80. The highest BCUT2D eigenvalue weighted by molar-refractivity contribution is 7.14. The number of hydrogen-bond donors (Lipinski definition) is 2. The largest absolute Gasteiger partial charge is 0.481 e. The Labute approximate surface area is 156 Å². The molecule has 4 atom stereocenters. The number of amides is 1. The van der Waals surface area contributed by atoms with Crippen LogP contribution in [-0.2, 0) is 9.59 Å². The summed E-state index contributed by atoms with van der Waals surface area (Å²) in [6.45, 7) is 4.13. The van der Waals surface area contributed by atoms with Gasteiger partial charge < -0.3 is 10.4 Å². The molecule has 2 aliphatic carbocycles. The molecule has 1 amide bonds. The first-order chi connectivity index (χ1) is 12.4. The van der Waals surface area contributed by atoms with Crippen LogP contribution in [0.25, 0.3) is 11.3 Å². The molecular weight excluding hydrogens is 348 g/mol. The highest BCUT2D eigenvalue weighted by atomic mass is 32.1. The lowest BCUT2D eigenvalue weighted by atomic mass is 9.79. The molecule has 0 radical (unpaired) electrons. The molecule has 2 N–H and O–H groups in total. The summed E-state index contributed by atoms with van der Waals surface area (Å²) in [7, 11) is 0. The number of nitrogens with one attached hydrogen (secondary N) is 1. The maximum Gasteiger partial charge on any atom is 0.307 e. The number of hydrogen-bond acceptors (Lipinski definition) is 4. The number of carboxylic acid groups (broad SMARTS) is 1. The van der Waals surface area contributed by atoms with E-state index in [4.69, 9.17) is 0 Å². The number of fused-ring (bicyclic) bond motifs is 2. The molecule has 2 fully saturated rings. The Kier molecular flexibility index (Phi) is 4.31. The van der Waals surface area contributed by atoms with Crippen molar-refractivity contribution in [2.75, 3.05) is 5.32 Å². The monoisotopic (exact) mass is 370 g/mol. The van der Waals surface area contributed by atoms with E-state index < -0.39 is 17.8 Å². The second kappa shape index (κ2) is 6.50. The minimum atomic E-state index is -0.840. The maximum atomic E-state index is 12.8. The van der Waals surface area contributed by atoms with Crippen molar-refractivity contribution in [2.45, 2.75) is 33.1 Å². The van der Waals surface area contributed by atoms with Gasteiger partial charge in [0.2, 0.25) is 5.91 Å². The predicted molar refractivity (Wildman–Crippen MR) is 101 cm³/mol. The van der Waals surface area contributed by atoms with Crippen molar-refractivity contribution in [3.63, 3.8) is 0 Å². The summed E-state index contributed by atoms with van der Waals surface area (Å²) in [5.74, 6) is -1.66. The molecule has 1 aromatic heterocycles. The number of nitrogens with zero attached hydrogens (tertiary/aromatic N) is 1. The van der Waals surface area contributed by atoms with E-state index in [0.29, 0.717) is 5.13 Å². The molecule has 1 aromatic carbocycles. The zero-order valence-corrected chi connectivity index (χ0v) is 15.7. The van der Waals surface area contributed by atoms with Crippen molar-refractivity contribution in [1.82, 2.24) is 4.98 Å². The molecule has 2 aromatic rings. The predicted octanol–water partition coefficient (Wildman–Crippen LogP) is 4.11. The fourth-order valence-electron chi connectivity index (χ4n) is 4.58. The van der Waals surface area contributed by atoms with Gasteiger partial charge in [0.05, 0.1) is 17.5 Å². The Morgan fingerprint density at radius 1 is 1.15 bits per heavy atom. The lowest BCUT2D eigenvalue weighted by molar-refractivity contribution is -0.148. The summed E-state index contributed by atoms with van der Waals surface area (Å²) >= 11 is 1.38. The first-order valence-electron chi connectivity index (χ1n) is 9.01. The smallest absolute Gasteiger partial charge is 0.307 e. The number of carbonyl (C=O) groups is 2. The van der Waals surface area contributed by atoms with E-state index in [2.05, 4.69) is 36.3 Å². The van der Waals surface area contributed by atoms with E-state index in [0.717, 1.165) is 30.5 Å². The Hall–Kier alpha value is -2.21. The van der Waals surface area contributed by atoms with Crippen LogP contribution in [0.15, 0.2) is 23.6 Å². The summed E-state index contributed by atoms with van der Waals surface area (Å²) in [4.78, 5) is 28.9. The van der Waals surface area contributed by atoms with Crippen molar-refractivity contribution in [1.29, 1.82) is 0 Å². The van der Waals surface area contributed by atoms with Crippen molar-refractivity contribution in [3.8, 4) is 11.3 Å². The molecule has 0 spiro atoms. The van der Waals surface area contributed by atoms with E-state index in [1.165, 1.54) is 22.5 Å². The van der Waals surface area contributed by atoms with Crippen LogP contribution in [0.3, 0.4) is 0 Å². The Bertz CT molecular complexity index is 876. The van der Waals surface area contributed by atoms with E-state index in [1.807, 2.05) is 11.4 Å². The Balaban J connectivity index is 1.51. The van der Waals surface area contributed by atoms with Crippen LogP contribution in [-0.4, -0.2) is 22.0 Å². The average molecular weight is 370 g/mol. The summed E-state index contributed by atoms with van der Waals surface area (Å²) in [5.41, 5.74) is 4.28. The number of carbonyl (C=O) groups excluding carboxylic acids is 1. The zero-order valence-electron chi connectivity index (χ0n) is 14.9. The molecule has 6 heteroatoms. The molecule has 136 valence electrons. The van der Waals surface area contributed by atoms with E-state index >= 15 is 0 Å².